The Kier molecular flexibility index (Phi) is 3.30. The van der Waals surface area contributed by atoms with Gasteiger partial charge in [0.2, 0.25) is 5.75 Å². The highest BCUT2D eigenvalue weighted by atomic mass is 16.6. The standard InChI is InChI=1S/C15H11N3O4/c19-13-11-7-4-8-16-14(11)17(15(20)12(13)18(21)22)9-10-5-2-1-3-6-10/h1-8,19H,9H2. The minimum atomic E-state index is -0.877. The molecule has 0 aliphatic heterocycles. The van der Waals surface area contributed by atoms with E-state index in [4.69, 9.17) is 0 Å². The summed E-state index contributed by atoms with van der Waals surface area (Å²) in [7, 11) is 0. The van der Waals surface area contributed by atoms with Crippen LogP contribution in [0, 0.1) is 10.1 Å². The molecule has 0 atom stereocenters. The third-order valence-electron chi connectivity index (χ3n) is 3.34. The molecule has 7 heteroatoms. The van der Waals surface area contributed by atoms with Crippen LogP contribution in [0.1, 0.15) is 5.56 Å². The predicted molar refractivity (Wildman–Crippen MR) is 79.9 cm³/mol. The first kappa shape index (κ1) is 13.7. The molecule has 0 fully saturated rings. The molecule has 1 N–H and O–H groups in total. The number of benzene rings is 1. The second kappa shape index (κ2) is 5.28. The quantitative estimate of drug-likeness (QED) is 0.589. The van der Waals surface area contributed by atoms with Gasteiger partial charge in [0.25, 0.3) is 0 Å². The van der Waals surface area contributed by atoms with Gasteiger partial charge in [0.15, 0.2) is 0 Å². The molecule has 0 saturated carbocycles. The number of nitro groups is 1. The second-order valence-electron chi connectivity index (χ2n) is 4.71. The van der Waals surface area contributed by atoms with Gasteiger partial charge in [-0.3, -0.25) is 19.5 Å². The minimum absolute atomic E-state index is 0.133. The molecular weight excluding hydrogens is 286 g/mol. The largest absolute Gasteiger partial charge is 0.501 e. The lowest BCUT2D eigenvalue weighted by Crippen LogP contribution is -2.24. The highest BCUT2D eigenvalue weighted by Gasteiger charge is 2.26. The summed E-state index contributed by atoms with van der Waals surface area (Å²) in [5.41, 5.74) is -0.704. The molecule has 0 radical (unpaired) electrons. The van der Waals surface area contributed by atoms with Crippen molar-refractivity contribution < 1.29 is 10.0 Å². The molecule has 7 nitrogen and oxygen atoms in total. The van der Waals surface area contributed by atoms with Gasteiger partial charge in [0.05, 0.1) is 16.9 Å². The summed E-state index contributed by atoms with van der Waals surface area (Å²) in [5, 5.41) is 21.3. The van der Waals surface area contributed by atoms with Crippen LogP contribution in [0.3, 0.4) is 0 Å². The molecule has 0 amide bonds. The minimum Gasteiger partial charge on any atom is -0.501 e. The van der Waals surface area contributed by atoms with E-state index in [9.17, 15) is 20.0 Å². The maximum Gasteiger partial charge on any atom is 0.376 e. The zero-order chi connectivity index (χ0) is 15.7. The van der Waals surface area contributed by atoms with E-state index in [1.807, 2.05) is 18.2 Å². The van der Waals surface area contributed by atoms with Crippen molar-refractivity contribution in [1.29, 1.82) is 0 Å². The third kappa shape index (κ3) is 2.18. The lowest BCUT2D eigenvalue weighted by Gasteiger charge is -2.10. The number of rotatable bonds is 3. The van der Waals surface area contributed by atoms with Crippen LogP contribution < -0.4 is 5.56 Å². The Morgan fingerprint density at radius 1 is 1.18 bits per heavy atom. The summed E-state index contributed by atoms with van der Waals surface area (Å²) in [6.07, 6.45) is 1.47. The first-order valence-electron chi connectivity index (χ1n) is 6.48. The van der Waals surface area contributed by atoms with Crippen LogP contribution in [0.2, 0.25) is 0 Å². The van der Waals surface area contributed by atoms with Gasteiger partial charge >= 0.3 is 11.2 Å². The van der Waals surface area contributed by atoms with E-state index in [-0.39, 0.29) is 17.6 Å². The zero-order valence-electron chi connectivity index (χ0n) is 11.3. The topological polar surface area (TPSA) is 98.3 Å². The lowest BCUT2D eigenvalue weighted by atomic mass is 10.2. The van der Waals surface area contributed by atoms with Gasteiger partial charge in [0.1, 0.15) is 5.65 Å². The third-order valence-corrected chi connectivity index (χ3v) is 3.34. The Bertz CT molecular complexity index is 919. The number of hydrogen-bond acceptors (Lipinski definition) is 5. The molecule has 0 aliphatic carbocycles. The SMILES string of the molecule is O=c1c([N+](=O)[O-])c(O)c2cccnc2n1Cc1ccccc1. The van der Waals surface area contributed by atoms with Crippen LogP contribution in [0.25, 0.3) is 11.0 Å². The molecule has 0 spiro atoms. The highest BCUT2D eigenvalue weighted by molar-refractivity contribution is 5.85. The van der Waals surface area contributed by atoms with Crippen molar-refractivity contribution in [2.75, 3.05) is 0 Å². The Morgan fingerprint density at radius 2 is 1.91 bits per heavy atom. The summed E-state index contributed by atoms with van der Waals surface area (Å²) in [5.74, 6) is -0.651. The van der Waals surface area contributed by atoms with Crippen molar-refractivity contribution in [1.82, 2.24) is 9.55 Å². The monoisotopic (exact) mass is 297 g/mol. The fourth-order valence-corrected chi connectivity index (χ4v) is 2.33. The van der Waals surface area contributed by atoms with Crippen LogP contribution in [-0.2, 0) is 6.54 Å². The molecule has 1 aromatic carbocycles. The molecule has 22 heavy (non-hydrogen) atoms. The summed E-state index contributed by atoms with van der Waals surface area (Å²) < 4.78 is 1.20. The van der Waals surface area contributed by atoms with Gasteiger partial charge < -0.3 is 5.11 Å². The summed E-state index contributed by atoms with van der Waals surface area (Å²) in [6, 6.07) is 12.1. The summed E-state index contributed by atoms with van der Waals surface area (Å²) >= 11 is 0. The fourth-order valence-electron chi connectivity index (χ4n) is 2.33. The van der Waals surface area contributed by atoms with Gasteiger partial charge in [-0.2, -0.15) is 0 Å². The Hall–Kier alpha value is -3.22. The molecular formula is C15H11N3O4. The van der Waals surface area contributed by atoms with Gasteiger partial charge in [-0.05, 0) is 17.7 Å². The van der Waals surface area contributed by atoms with Crippen LogP contribution in [0.15, 0.2) is 53.5 Å². The second-order valence-corrected chi connectivity index (χ2v) is 4.71. The number of hydrogen-bond donors (Lipinski definition) is 1. The van der Waals surface area contributed by atoms with Gasteiger partial charge in [-0.15, -0.1) is 0 Å². The first-order valence-corrected chi connectivity index (χ1v) is 6.48. The maximum atomic E-state index is 12.4. The molecule has 0 unspecified atom stereocenters. The van der Waals surface area contributed by atoms with E-state index >= 15 is 0 Å². The number of fused-ring (bicyclic) bond motifs is 1. The Labute approximate surface area is 124 Å². The number of pyridine rings is 2. The van der Waals surface area contributed by atoms with E-state index in [0.717, 1.165) is 5.56 Å². The normalized spacial score (nSPS) is 10.7. The van der Waals surface area contributed by atoms with Crippen LogP contribution in [0.4, 0.5) is 5.69 Å². The molecule has 0 aliphatic rings. The van der Waals surface area contributed by atoms with Crippen molar-refractivity contribution in [2.24, 2.45) is 0 Å². The Morgan fingerprint density at radius 3 is 2.59 bits per heavy atom. The van der Waals surface area contributed by atoms with Crippen LogP contribution in [-0.4, -0.2) is 19.6 Å². The van der Waals surface area contributed by atoms with Crippen molar-refractivity contribution in [3.63, 3.8) is 0 Å². The van der Waals surface area contributed by atoms with Crippen molar-refractivity contribution >= 4 is 16.7 Å². The molecule has 0 bridgehead atoms. The van der Waals surface area contributed by atoms with Crippen molar-refractivity contribution in [3.8, 4) is 5.75 Å². The summed E-state index contributed by atoms with van der Waals surface area (Å²) in [6.45, 7) is 0.133. The van der Waals surface area contributed by atoms with E-state index in [1.54, 1.807) is 18.2 Å². The molecule has 0 saturated heterocycles. The Balaban J connectivity index is 2.33. The maximum absolute atomic E-state index is 12.4. The smallest absolute Gasteiger partial charge is 0.376 e. The van der Waals surface area contributed by atoms with Crippen LogP contribution >= 0.6 is 0 Å². The molecule has 110 valence electrons. The van der Waals surface area contributed by atoms with Gasteiger partial charge in [0, 0.05) is 6.20 Å². The first-order chi connectivity index (χ1) is 10.6. The zero-order valence-corrected chi connectivity index (χ0v) is 11.3. The van der Waals surface area contributed by atoms with Gasteiger partial charge in [-0.25, -0.2) is 4.98 Å². The van der Waals surface area contributed by atoms with Gasteiger partial charge in [-0.1, -0.05) is 30.3 Å². The average molecular weight is 297 g/mol. The lowest BCUT2D eigenvalue weighted by molar-refractivity contribution is -0.387. The fraction of sp³-hybridized carbons (Fsp3) is 0.0667. The van der Waals surface area contributed by atoms with Crippen molar-refractivity contribution in [2.45, 2.75) is 6.54 Å². The van der Waals surface area contributed by atoms with E-state index in [0.29, 0.717) is 0 Å². The number of nitrogens with zero attached hydrogens (tertiary/aromatic N) is 3. The molecule has 2 aromatic heterocycles. The highest BCUT2D eigenvalue weighted by Crippen LogP contribution is 2.29. The molecule has 2 heterocycles. The molecule has 3 rings (SSSR count). The predicted octanol–water partition coefficient (Wildman–Crippen LogP) is 2.06. The summed E-state index contributed by atoms with van der Waals surface area (Å²) in [4.78, 5) is 26.7. The number of aromatic nitrogens is 2. The average Bonchev–Trinajstić information content (AvgIpc) is 2.52. The number of aromatic hydroxyl groups is 1. The van der Waals surface area contributed by atoms with E-state index < -0.39 is 21.9 Å². The van der Waals surface area contributed by atoms with E-state index in [1.165, 1.54) is 16.8 Å². The molecule has 3 aromatic rings. The van der Waals surface area contributed by atoms with Crippen molar-refractivity contribution in [3.05, 3.63) is 74.7 Å². The van der Waals surface area contributed by atoms with Crippen LogP contribution in [0.5, 0.6) is 5.75 Å². The van der Waals surface area contributed by atoms with E-state index in [2.05, 4.69) is 4.98 Å².